The van der Waals surface area contributed by atoms with Gasteiger partial charge in [0.15, 0.2) is 6.29 Å². The number of thioether (sulfide) groups is 1. The summed E-state index contributed by atoms with van der Waals surface area (Å²) in [6.07, 6.45) is -0.427. The monoisotopic (exact) mass is 295 g/mol. The Labute approximate surface area is 114 Å². The van der Waals surface area contributed by atoms with E-state index in [-0.39, 0.29) is 22.7 Å². The van der Waals surface area contributed by atoms with Gasteiger partial charge in [0, 0.05) is 24.8 Å². The standard InChI is InChI=1S/C12H16F3NO2S/c1-8(11(17-2)18-3)16-9-4-6-10(7-5-9)19-12(13,14)15/h4-8,11,16H,1-3H3. The predicted molar refractivity (Wildman–Crippen MR) is 69.2 cm³/mol. The zero-order valence-electron chi connectivity index (χ0n) is 10.8. The number of methoxy groups -OCH3 is 2. The van der Waals surface area contributed by atoms with Crippen LogP contribution in [0.3, 0.4) is 0 Å². The number of ether oxygens (including phenoxy) is 2. The largest absolute Gasteiger partial charge is 0.446 e. The van der Waals surface area contributed by atoms with E-state index in [0.717, 1.165) is 0 Å². The molecule has 1 rings (SSSR count). The maximum Gasteiger partial charge on any atom is 0.446 e. The lowest BCUT2D eigenvalue weighted by molar-refractivity contribution is -0.109. The molecule has 0 fully saturated rings. The lowest BCUT2D eigenvalue weighted by Gasteiger charge is -2.23. The Morgan fingerprint density at radius 3 is 2.05 bits per heavy atom. The lowest BCUT2D eigenvalue weighted by Crippen LogP contribution is -2.33. The van der Waals surface area contributed by atoms with Gasteiger partial charge in [-0.2, -0.15) is 13.2 Å². The minimum Gasteiger partial charge on any atom is -0.377 e. The van der Waals surface area contributed by atoms with E-state index in [1.54, 1.807) is 12.1 Å². The number of anilines is 1. The van der Waals surface area contributed by atoms with Crippen LogP contribution in [0.5, 0.6) is 0 Å². The summed E-state index contributed by atoms with van der Waals surface area (Å²) in [7, 11) is 3.05. The van der Waals surface area contributed by atoms with Crippen LogP contribution in [0, 0.1) is 0 Å². The van der Waals surface area contributed by atoms with Crippen molar-refractivity contribution in [3.8, 4) is 0 Å². The summed E-state index contributed by atoms with van der Waals surface area (Å²) < 4.78 is 46.7. The van der Waals surface area contributed by atoms with Crippen LogP contribution >= 0.6 is 11.8 Å². The summed E-state index contributed by atoms with van der Waals surface area (Å²) in [5, 5.41) is 3.09. The highest BCUT2D eigenvalue weighted by Crippen LogP contribution is 2.37. The number of benzene rings is 1. The summed E-state index contributed by atoms with van der Waals surface area (Å²) in [5.74, 6) is 0. The van der Waals surface area contributed by atoms with E-state index in [0.29, 0.717) is 5.69 Å². The van der Waals surface area contributed by atoms with Crippen LogP contribution in [0.1, 0.15) is 6.92 Å². The van der Waals surface area contributed by atoms with Crippen LogP contribution in [0.15, 0.2) is 29.2 Å². The molecule has 19 heavy (non-hydrogen) atoms. The first kappa shape index (κ1) is 16.1. The SMILES string of the molecule is COC(OC)C(C)Nc1ccc(SC(F)(F)F)cc1. The van der Waals surface area contributed by atoms with Gasteiger partial charge in [-0.15, -0.1) is 0 Å². The zero-order chi connectivity index (χ0) is 14.5. The van der Waals surface area contributed by atoms with E-state index in [1.807, 2.05) is 6.92 Å². The third kappa shape index (κ3) is 5.71. The highest BCUT2D eigenvalue weighted by atomic mass is 32.2. The minimum atomic E-state index is -4.26. The molecule has 0 saturated carbocycles. The van der Waals surface area contributed by atoms with E-state index in [2.05, 4.69) is 5.32 Å². The van der Waals surface area contributed by atoms with Gasteiger partial charge in [-0.25, -0.2) is 0 Å². The predicted octanol–water partition coefficient (Wildman–Crippen LogP) is 3.72. The Balaban J connectivity index is 2.62. The van der Waals surface area contributed by atoms with Crippen LogP contribution in [-0.4, -0.2) is 32.1 Å². The number of nitrogens with one attached hydrogen (secondary N) is 1. The fraction of sp³-hybridized carbons (Fsp3) is 0.500. The third-order valence-electron chi connectivity index (χ3n) is 2.36. The molecule has 0 aliphatic rings. The molecule has 0 amide bonds. The number of rotatable bonds is 6. The van der Waals surface area contributed by atoms with Crippen molar-refractivity contribution < 1.29 is 22.6 Å². The molecule has 1 atom stereocenters. The van der Waals surface area contributed by atoms with Gasteiger partial charge in [-0.05, 0) is 43.0 Å². The van der Waals surface area contributed by atoms with Crippen molar-refractivity contribution in [1.82, 2.24) is 0 Å². The number of halogens is 3. The first-order chi connectivity index (χ1) is 8.85. The van der Waals surface area contributed by atoms with Crippen LogP contribution in [-0.2, 0) is 9.47 Å². The van der Waals surface area contributed by atoms with Crippen molar-refractivity contribution in [3.05, 3.63) is 24.3 Å². The van der Waals surface area contributed by atoms with Gasteiger partial charge in [-0.1, -0.05) is 0 Å². The van der Waals surface area contributed by atoms with Crippen LogP contribution in [0.2, 0.25) is 0 Å². The smallest absolute Gasteiger partial charge is 0.377 e. The van der Waals surface area contributed by atoms with Gasteiger partial charge in [-0.3, -0.25) is 0 Å². The normalized spacial score (nSPS) is 13.6. The molecule has 0 saturated heterocycles. The summed E-state index contributed by atoms with van der Waals surface area (Å²) in [6.45, 7) is 1.86. The average molecular weight is 295 g/mol. The Kier molecular flexibility index (Phi) is 5.96. The summed E-state index contributed by atoms with van der Waals surface area (Å²) >= 11 is -0.134. The Bertz CT molecular complexity index is 380. The first-order valence-corrected chi connectivity index (χ1v) is 6.35. The maximum atomic E-state index is 12.2. The Hall–Kier alpha value is -0.920. The quantitative estimate of drug-likeness (QED) is 0.640. The van der Waals surface area contributed by atoms with E-state index < -0.39 is 11.8 Å². The molecule has 0 bridgehead atoms. The highest BCUT2D eigenvalue weighted by molar-refractivity contribution is 8.00. The molecular weight excluding hydrogens is 279 g/mol. The number of hydrogen-bond donors (Lipinski definition) is 1. The fourth-order valence-electron chi connectivity index (χ4n) is 1.59. The topological polar surface area (TPSA) is 30.5 Å². The molecule has 0 heterocycles. The Morgan fingerprint density at radius 2 is 1.63 bits per heavy atom. The van der Waals surface area contributed by atoms with Gasteiger partial charge < -0.3 is 14.8 Å². The second-order valence-corrected chi connectivity index (χ2v) is 4.98. The third-order valence-corrected chi connectivity index (χ3v) is 3.09. The van der Waals surface area contributed by atoms with Gasteiger partial charge in [0.25, 0.3) is 0 Å². The molecule has 1 N–H and O–H groups in total. The molecule has 1 aromatic carbocycles. The summed E-state index contributed by atoms with van der Waals surface area (Å²) in [5.41, 5.74) is -3.56. The zero-order valence-corrected chi connectivity index (χ0v) is 11.6. The molecule has 3 nitrogen and oxygen atoms in total. The van der Waals surface area contributed by atoms with E-state index in [1.165, 1.54) is 26.4 Å². The number of hydrogen-bond acceptors (Lipinski definition) is 4. The lowest BCUT2D eigenvalue weighted by atomic mass is 10.2. The molecule has 108 valence electrons. The van der Waals surface area contributed by atoms with Crippen molar-refractivity contribution in [3.63, 3.8) is 0 Å². The number of alkyl halides is 3. The van der Waals surface area contributed by atoms with Crippen LogP contribution in [0.25, 0.3) is 0 Å². The fourth-order valence-corrected chi connectivity index (χ4v) is 2.13. The van der Waals surface area contributed by atoms with Crippen molar-refractivity contribution in [2.24, 2.45) is 0 Å². The first-order valence-electron chi connectivity index (χ1n) is 5.53. The second kappa shape index (κ2) is 7.02. The average Bonchev–Trinajstić information content (AvgIpc) is 2.31. The van der Waals surface area contributed by atoms with Crippen molar-refractivity contribution >= 4 is 17.4 Å². The van der Waals surface area contributed by atoms with Crippen LogP contribution in [0.4, 0.5) is 18.9 Å². The molecule has 0 radical (unpaired) electrons. The highest BCUT2D eigenvalue weighted by Gasteiger charge is 2.29. The summed E-state index contributed by atoms with van der Waals surface area (Å²) in [4.78, 5) is 0.153. The van der Waals surface area contributed by atoms with Gasteiger partial charge in [0.1, 0.15) is 0 Å². The maximum absolute atomic E-state index is 12.2. The Morgan fingerprint density at radius 1 is 1.11 bits per heavy atom. The molecule has 1 aromatic rings. The summed E-state index contributed by atoms with van der Waals surface area (Å²) in [6, 6.07) is 5.89. The molecule has 0 aliphatic heterocycles. The van der Waals surface area contributed by atoms with E-state index >= 15 is 0 Å². The van der Waals surface area contributed by atoms with Gasteiger partial charge in [0.05, 0.1) is 6.04 Å². The van der Waals surface area contributed by atoms with E-state index in [9.17, 15) is 13.2 Å². The van der Waals surface area contributed by atoms with Gasteiger partial charge in [0.2, 0.25) is 0 Å². The van der Waals surface area contributed by atoms with Crippen LogP contribution < -0.4 is 5.32 Å². The second-order valence-electron chi connectivity index (χ2n) is 3.84. The van der Waals surface area contributed by atoms with Crippen molar-refractivity contribution in [1.29, 1.82) is 0 Å². The molecule has 0 aromatic heterocycles. The van der Waals surface area contributed by atoms with E-state index in [4.69, 9.17) is 9.47 Å². The molecule has 0 spiro atoms. The molecular formula is C12H16F3NO2S. The van der Waals surface area contributed by atoms with Crippen molar-refractivity contribution in [2.75, 3.05) is 19.5 Å². The molecule has 7 heteroatoms. The molecule has 0 aliphatic carbocycles. The molecule has 1 unspecified atom stereocenters. The minimum absolute atomic E-state index is 0.129. The van der Waals surface area contributed by atoms with Crippen molar-refractivity contribution in [2.45, 2.75) is 29.7 Å². The van der Waals surface area contributed by atoms with Gasteiger partial charge >= 0.3 is 5.51 Å².